The fraction of sp³-hybridized carbons (Fsp3) is 0.133. The molecule has 0 saturated heterocycles. The van der Waals surface area contributed by atoms with E-state index in [1.54, 1.807) is 37.4 Å². The smallest absolute Gasteiger partial charge is 0.243 e. The Balaban J connectivity index is 1.92. The Morgan fingerprint density at radius 3 is 2.81 bits per heavy atom. The number of rotatable bonds is 5. The number of ether oxygens (including phenoxy) is 1. The summed E-state index contributed by atoms with van der Waals surface area (Å²) in [4.78, 5) is 11.9. The predicted molar refractivity (Wildman–Crippen MR) is 84.2 cm³/mol. The van der Waals surface area contributed by atoms with Crippen LogP contribution in [0.2, 0.25) is 0 Å². The molecule has 0 heterocycles. The molecule has 0 fully saturated rings. The Hall–Kier alpha value is -2.08. The maximum absolute atomic E-state index is 13.0. The minimum absolute atomic E-state index is 0.0709. The standard InChI is InChI=1S/C15H14BrFN2O2/c1-21-12-4-2-3-11(8-12)19-15(20)9-18-14-6-5-10(17)7-13(14)16/h2-8,18H,9H2,1H3,(H,19,20). The SMILES string of the molecule is COc1cccc(NC(=O)CNc2ccc(F)cc2Br)c1. The van der Waals surface area contributed by atoms with E-state index < -0.39 is 0 Å². The Morgan fingerprint density at radius 2 is 2.10 bits per heavy atom. The summed E-state index contributed by atoms with van der Waals surface area (Å²) < 4.78 is 18.6. The quantitative estimate of drug-likeness (QED) is 0.863. The number of amides is 1. The van der Waals surface area contributed by atoms with Gasteiger partial charge in [-0.25, -0.2) is 4.39 Å². The molecule has 0 aliphatic carbocycles. The van der Waals surface area contributed by atoms with E-state index in [0.717, 1.165) is 0 Å². The van der Waals surface area contributed by atoms with Crippen molar-refractivity contribution in [1.29, 1.82) is 0 Å². The molecule has 0 atom stereocenters. The number of benzene rings is 2. The third-order valence-electron chi connectivity index (χ3n) is 2.72. The fourth-order valence-corrected chi connectivity index (χ4v) is 2.21. The van der Waals surface area contributed by atoms with Gasteiger partial charge in [0.05, 0.1) is 13.7 Å². The highest BCUT2D eigenvalue weighted by atomic mass is 79.9. The minimum Gasteiger partial charge on any atom is -0.497 e. The second-order valence-corrected chi connectivity index (χ2v) is 5.11. The largest absolute Gasteiger partial charge is 0.497 e. The first-order valence-electron chi connectivity index (χ1n) is 6.21. The molecular weight excluding hydrogens is 339 g/mol. The van der Waals surface area contributed by atoms with Crippen LogP contribution in [0.3, 0.4) is 0 Å². The molecule has 4 nitrogen and oxygen atoms in total. The van der Waals surface area contributed by atoms with Gasteiger partial charge >= 0.3 is 0 Å². The third-order valence-corrected chi connectivity index (χ3v) is 3.38. The van der Waals surface area contributed by atoms with Crippen LogP contribution in [0.5, 0.6) is 5.75 Å². The average Bonchev–Trinajstić information content (AvgIpc) is 2.46. The first-order valence-corrected chi connectivity index (χ1v) is 7.00. The van der Waals surface area contributed by atoms with Crippen molar-refractivity contribution in [2.75, 3.05) is 24.3 Å². The second-order valence-electron chi connectivity index (χ2n) is 4.26. The summed E-state index contributed by atoms with van der Waals surface area (Å²) in [6.45, 7) is 0.0709. The monoisotopic (exact) mass is 352 g/mol. The van der Waals surface area contributed by atoms with E-state index in [2.05, 4.69) is 26.6 Å². The first-order chi connectivity index (χ1) is 10.1. The summed E-state index contributed by atoms with van der Waals surface area (Å²) in [5.41, 5.74) is 1.30. The van der Waals surface area contributed by atoms with Crippen LogP contribution >= 0.6 is 15.9 Å². The van der Waals surface area contributed by atoms with E-state index in [1.807, 2.05) is 0 Å². The van der Waals surface area contributed by atoms with Crippen LogP contribution in [0.4, 0.5) is 15.8 Å². The molecule has 2 N–H and O–H groups in total. The van der Waals surface area contributed by atoms with Crippen molar-refractivity contribution in [3.8, 4) is 5.75 Å². The fourth-order valence-electron chi connectivity index (χ4n) is 1.71. The zero-order chi connectivity index (χ0) is 15.2. The van der Waals surface area contributed by atoms with Crippen LogP contribution in [-0.4, -0.2) is 19.6 Å². The van der Waals surface area contributed by atoms with E-state index in [1.165, 1.54) is 12.1 Å². The molecule has 2 aromatic carbocycles. The highest BCUT2D eigenvalue weighted by Crippen LogP contribution is 2.23. The maximum atomic E-state index is 13.0. The molecule has 0 aromatic heterocycles. The van der Waals surface area contributed by atoms with Gasteiger partial charge in [-0.1, -0.05) is 6.07 Å². The van der Waals surface area contributed by atoms with Gasteiger partial charge in [0.2, 0.25) is 5.91 Å². The number of anilines is 2. The van der Waals surface area contributed by atoms with E-state index in [4.69, 9.17) is 4.74 Å². The lowest BCUT2D eigenvalue weighted by atomic mass is 10.3. The number of hydrogen-bond acceptors (Lipinski definition) is 3. The first kappa shape index (κ1) is 15.3. The van der Waals surface area contributed by atoms with Crippen molar-refractivity contribution in [3.63, 3.8) is 0 Å². The second kappa shape index (κ2) is 7.08. The normalized spacial score (nSPS) is 10.0. The summed E-state index contributed by atoms with van der Waals surface area (Å²) in [7, 11) is 1.56. The number of nitrogens with one attached hydrogen (secondary N) is 2. The molecule has 6 heteroatoms. The van der Waals surface area contributed by atoms with E-state index in [-0.39, 0.29) is 18.3 Å². The zero-order valence-corrected chi connectivity index (χ0v) is 12.9. The Bertz CT molecular complexity index is 649. The molecular formula is C15H14BrFN2O2. The minimum atomic E-state index is -0.340. The maximum Gasteiger partial charge on any atom is 0.243 e. The molecule has 0 unspecified atom stereocenters. The van der Waals surface area contributed by atoms with Crippen molar-refractivity contribution in [2.45, 2.75) is 0 Å². The van der Waals surface area contributed by atoms with Gasteiger partial charge in [0, 0.05) is 21.9 Å². The van der Waals surface area contributed by atoms with Crippen LogP contribution in [0.15, 0.2) is 46.9 Å². The van der Waals surface area contributed by atoms with Gasteiger partial charge in [0.15, 0.2) is 0 Å². The van der Waals surface area contributed by atoms with Crippen LogP contribution in [0.25, 0.3) is 0 Å². The number of methoxy groups -OCH3 is 1. The average molecular weight is 353 g/mol. The predicted octanol–water partition coefficient (Wildman–Crippen LogP) is 3.65. The highest BCUT2D eigenvalue weighted by molar-refractivity contribution is 9.10. The molecule has 0 aliphatic heterocycles. The molecule has 21 heavy (non-hydrogen) atoms. The molecule has 0 spiro atoms. The summed E-state index contributed by atoms with van der Waals surface area (Å²) in [5.74, 6) is 0.120. The number of carbonyl (C=O) groups excluding carboxylic acids is 1. The lowest BCUT2D eigenvalue weighted by Crippen LogP contribution is -2.21. The Labute approximate surface area is 130 Å². The topological polar surface area (TPSA) is 50.4 Å². The Morgan fingerprint density at radius 1 is 1.29 bits per heavy atom. The van der Waals surface area contributed by atoms with Gasteiger partial charge in [-0.3, -0.25) is 4.79 Å². The molecule has 2 aromatic rings. The van der Waals surface area contributed by atoms with Crippen molar-refractivity contribution in [1.82, 2.24) is 0 Å². The lowest BCUT2D eigenvalue weighted by molar-refractivity contribution is -0.114. The zero-order valence-electron chi connectivity index (χ0n) is 11.3. The summed E-state index contributed by atoms with van der Waals surface area (Å²) >= 11 is 3.23. The van der Waals surface area contributed by atoms with E-state index in [9.17, 15) is 9.18 Å². The molecule has 0 saturated carbocycles. The van der Waals surface area contributed by atoms with Gasteiger partial charge in [0.1, 0.15) is 11.6 Å². The van der Waals surface area contributed by atoms with E-state index >= 15 is 0 Å². The van der Waals surface area contributed by atoms with Crippen molar-refractivity contribution in [2.24, 2.45) is 0 Å². The van der Waals surface area contributed by atoms with E-state index in [0.29, 0.717) is 21.6 Å². The lowest BCUT2D eigenvalue weighted by Gasteiger charge is -2.10. The number of carbonyl (C=O) groups is 1. The molecule has 0 aliphatic rings. The summed E-state index contributed by atoms with van der Waals surface area (Å²) in [6.07, 6.45) is 0. The van der Waals surface area contributed by atoms with Crippen molar-refractivity contribution in [3.05, 3.63) is 52.8 Å². The van der Waals surface area contributed by atoms with Crippen molar-refractivity contribution < 1.29 is 13.9 Å². The van der Waals surface area contributed by atoms with Crippen LogP contribution in [-0.2, 0) is 4.79 Å². The van der Waals surface area contributed by atoms with Crippen LogP contribution < -0.4 is 15.4 Å². The van der Waals surface area contributed by atoms with Gasteiger partial charge < -0.3 is 15.4 Å². The molecule has 0 bridgehead atoms. The summed E-state index contributed by atoms with van der Waals surface area (Å²) in [6, 6.07) is 11.3. The van der Waals surface area contributed by atoms with Gasteiger partial charge in [0.25, 0.3) is 0 Å². The molecule has 1 amide bonds. The highest BCUT2D eigenvalue weighted by Gasteiger charge is 2.06. The molecule has 0 radical (unpaired) electrons. The van der Waals surface area contributed by atoms with Gasteiger partial charge in [-0.15, -0.1) is 0 Å². The number of hydrogen-bond donors (Lipinski definition) is 2. The molecule has 110 valence electrons. The van der Waals surface area contributed by atoms with Gasteiger partial charge in [-0.2, -0.15) is 0 Å². The van der Waals surface area contributed by atoms with Gasteiger partial charge in [-0.05, 0) is 46.3 Å². The van der Waals surface area contributed by atoms with Crippen molar-refractivity contribution >= 4 is 33.2 Å². The Kier molecular flexibility index (Phi) is 5.16. The van der Waals surface area contributed by atoms with Crippen LogP contribution in [0.1, 0.15) is 0 Å². The molecule has 2 rings (SSSR count). The third kappa shape index (κ3) is 4.46. The number of halogens is 2. The van der Waals surface area contributed by atoms with Crippen LogP contribution in [0, 0.1) is 5.82 Å². The summed E-state index contributed by atoms with van der Waals surface area (Å²) in [5, 5.41) is 5.68.